The molecular formula is C14H20N4O4S. The van der Waals surface area contributed by atoms with Crippen LogP contribution in [0, 0.1) is 16.7 Å². The summed E-state index contributed by atoms with van der Waals surface area (Å²) in [6.07, 6.45) is 1.43. The number of nitrogens with zero attached hydrogens (tertiary/aromatic N) is 4. The van der Waals surface area contributed by atoms with Gasteiger partial charge in [-0.2, -0.15) is 14.6 Å². The van der Waals surface area contributed by atoms with Crippen molar-refractivity contribution in [3.63, 3.8) is 0 Å². The van der Waals surface area contributed by atoms with Gasteiger partial charge in [0, 0.05) is 18.9 Å². The standard InChI is InChI=1S/C14H20N4O4S/c1-10(2)11-16-12(22-17-11)14(19)5-6-18(8-14)23(20,21)9-13(7-15)3-4-13/h10,19H,3-6,8-9H2,1-2H3/t14-/m0/s1. The fourth-order valence-electron chi connectivity index (χ4n) is 2.71. The summed E-state index contributed by atoms with van der Waals surface area (Å²) in [5.41, 5.74) is -2.20. The van der Waals surface area contributed by atoms with E-state index in [1.165, 1.54) is 4.31 Å². The molecule has 0 radical (unpaired) electrons. The Morgan fingerprint density at radius 1 is 1.43 bits per heavy atom. The molecule has 0 amide bonds. The lowest BCUT2D eigenvalue weighted by Gasteiger charge is -2.20. The van der Waals surface area contributed by atoms with Gasteiger partial charge in [-0.25, -0.2) is 8.42 Å². The lowest BCUT2D eigenvalue weighted by atomic mass is 10.0. The molecule has 1 aliphatic heterocycles. The fourth-order valence-corrected chi connectivity index (χ4v) is 4.72. The van der Waals surface area contributed by atoms with Crippen molar-refractivity contribution in [1.29, 1.82) is 5.26 Å². The molecule has 1 atom stereocenters. The molecule has 3 rings (SSSR count). The summed E-state index contributed by atoms with van der Waals surface area (Å²) in [4.78, 5) is 4.18. The minimum absolute atomic E-state index is 0.0559. The average Bonchev–Trinajstić information content (AvgIpc) is 2.92. The third-order valence-electron chi connectivity index (χ3n) is 4.51. The van der Waals surface area contributed by atoms with Gasteiger partial charge >= 0.3 is 0 Å². The molecule has 2 heterocycles. The molecule has 0 unspecified atom stereocenters. The first kappa shape index (κ1) is 16.4. The Kier molecular flexibility index (Phi) is 3.74. The second-order valence-corrected chi connectivity index (χ2v) is 8.84. The van der Waals surface area contributed by atoms with E-state index in [0.717, 1.165) is 0 Å². The summed E-state index contributed by atoms with van der Waals surface area (Å²) in [7, 11) is -3.59. The van der Waals surface area contributed by atoms with Gasteiger partial charge in [0.25, 0.3) is 5.89 Å². The quantitative estimate of drug-likeness (QED) is 0.838. The van der Waals surface area contributed by atoms with Gasteiger partial charge in [-0.05, 0) is 12.8 Å². The maximum Gasteiger partial charge on any atom is 0.260 e. The number of aromatic nitrogens is 2. The van der Waals surface area contributed by atoms with Gasteiger partial charge in [-0.3, -0.25) is 0 Å². The maximum absolute atomic E-state index is 12.5. The third kappa shape index (κ3) is 2.98. The predicted molar refractivity (Wildman–Crippen MR) is 79.5 cm³/mol. The van der Waals surface area contributed by atoms with Gasteiger partial charge < -0.3 is 9.63 Å². The lowest BCUT2D eigenvalue weighted by molar-refractivity contribution is 0.0194. The second kappa shape index (κ2) is 5.26. The van der Waals surface area contributed by atoms with Crippen molar-refractivity contribution >= 4 is 10.0 Å². The molecule has 23 heavy (non-hydrogen) atoms. The van der Waals surface area contributed by atoms with E-state index in [1.807, 2.05) is 13.8 Å². The monoisotopic (exact) mass is 340 g/mol. The summed E-state index contributed by atoms with van der Waals surface area (Å²) in [5, 5.41) is 23.6. The van der Waals surface area contributed by atoms with Gasteiger partial charge in [0.05, 0.1) is 23.8 Å². The van der Waals surface area contributed by atoms with Crippen LogP contribution in [0.3, 0.4) is 0 Å². The molecule has 0 spiro atoms. The highest BCUT2D eigenvalue weighted by molar-refractivity contribution is 7.89. The highest BCUT2D eigenvalue weighted by atomic mass is 32.2. The van der Waals surface area contributed by atoms with Crippen molar-refractivity contribution in [3.8, 4) is 6.07 Å². The van der Waals surface area contributed by atoms with E-state index in [0.29, 0.717) is 18.7 Å². The number of β-amino-alcohol motifs (C(OH)–C–C–N with tert-alkyl or cyclic N) is 1. The number of nitriles is 1. The van der Waals surface area contributed by atoms with E-state index >= 15 is 0 Å². The molecule has 1 aliphatic carbocycles. The van der Waals surface area contributed by atoms with Crippen molar-refractivity contribution in [2.75, 3.05) is 18.8 Å². The van der Waals surface area contributed by atoms with Crippen LogP contribution in [0.15, 0.2) is 4.52 Å². The molecule has 1 aromatic rings. The van der Waals surface area contributed by atoms with E-state index in [9.17, 15) is 13.5 Å². The molecule has 1 aromatic heterocycles. The van der Waals surface area contributed by atoms with Crippen LogP contribution < -0.4 is 0 Å². The number of hydrogen-bond acceptors (Lipinski definition) is 7. The SMILES string of the molecule is CC(C)c1noc([C@]2(O)CCN(S(=O)(=O)CC3(C#N)CC3)C2)n1. The fraction of sp³-hybridized carbons (Fsp3) is 0.786. The van der Waals surface area contributed by atoms with E-state index in [2.05, 4.69) is 16.2 Å². The molecule has 1 saturated heterocycles. The normalized spacial score (nSPS) is 27.3. The van der Waals surface area contributed by atoms with Crippen LogP contribution in [0.1, 0.15) is 50.7 Å². The zero-order valence-corrected chi connectivity index (χ0v) is 14.0. The zero-order chi connectivity index (χ0) is 16.9. The van der Waals surface area contributed by atoms with Gasteiger partial charge in [0.1, 0.15) is 0 Å². The molecule has 1 saturated carbocycles. The van der Waals surface area contributed by atoms with Crippen molar-refractivity contribution < 1.29 is 18.0 Å². The lowest BCUT2D eigenvalue weighted by Crippen LogP contribution is -2.37. The molecule has 1 N–H and O–H groups in total. The van der Waals surface area contributed by atoms with Crippen LogP contribution in [0.5, 0.6) is 0 Å². The summed E-state index contributed by atoms with van der Waals surface area (Å²) in [5.74, 6) is 0.410. The summed E-state index contributed by atoms with van der Waals surface area (Å²) in [6.45, 7) is 3.87. The van der Waals surface area contributed by atoms with Crippen LogP contribution in [0.4, 0.5) is 0 Å². The Labute approximate surface area is 135 Å². The van der Waals surface area contributed by atoms with E-state index in [4.69, 9.17) is 9.78 Å². The Morgan fingerprint density at radius 3 is 2.65 bits per heavy atom. The Bertz CT molecular complexity index is 747. The first-order chi connectivity index (χ1) is 10.7. The van der Waals surface area contributed by atoms with Crippen LogP contribution >= 0.6 is 0 Å². The number of hydrogen-bond donors (Lipinski definition) is 1. The number of sulfonamides is 1. The topological polar surface area (TPSA) is 120 Å². The minimum atomic E-state index is -3.59. The van der Waals surface area contributed by atoms with Crippen LogP contribution in [-0.2, 0) is 15.6 Å². The highest BCUT2D eigenvalue weighted by Gasteiger charge is 2.52. The van der Waals surface area contributed by atoms with Crippen molar-refractivity contribution in [1.82, 2.24) is 14.4 Å². The molecule has 126 valence electrons. The highest BCUT2D eigenvalue weighted by Crippen LogP contribution is 2.47. The smallest absolute Gasteiger partial charge is 0.260 e. The molecular weight excluding hydrogens is 320 g/mol. The maximum atomic E-state index is 12.5. The molecule has 8 nitrogen and oxygen atoms in total. The molecule has 0 aromatic carbocycles. The van der Waals surface area contributed by atoms with E-state index in [-0.39, 0.29) is 37.1 Å². The summed E-state index contributed by atoms with van der Waals surface area (Å²) in [6, 6.07) is 2.09. The molecule has 9 heteroatoms. The Balaban J connectivity index is 1.75. The van der Waals surface area contributed by atoms with E-state index < -0.39 is 21.0 Å². The van der Waals surface area contributed by atoms with Crippen LogP contribution in [-0.4, -0.2) is 46.8 Å². The van der Waals surface area contributed by atoms with Crippen molar-refractivity contribution in [3.05, 3.63) is 11.7 Å². The number of aliphatic hydroxyl groups is 1. The average molecular weight is 340 g/mol. The summed E-state index contributed by atoms with van der Waals surface area (Å²) < 4.78 is 31.3. The van der Waals surface area contributed by atoms with Crippen LogP contribution in [0.2, 0.25) is 0 Å². The van der Waals surface area contributed by atoms with Gasteiger partial charge in [-0.15, -0.1) is 0 Å². The Hall–Kier alpha value is -1.50. The Morgan fingerprint density at radius 2 is 2.13 bits per heavy atom. The first-order valence-corrected chi connectivity index (χ1v) is 9.26. The largest absolute Gasteiger partial charge is 0.379 e. The van der Waals surface area contributed by atoms with Crippen molar-refractivity contribution in [2.45, 2.75) is 44.6 Å². The zero-order valence-electron chi connectivity index (χ0n) is 13.2. The predicted octanol–water partition coefficient (Wildman–Crippen LogP) is 0.720. The van der Waals surface area contributed by atoms with Crippen LogP contribution in [0.25, 0.3) is 0 Å². The van der Waals surface area contributed by atoms with Crippen molar-refractivity contribution in [2.24, 2.45) is 5.41 Å². The first-order valence-electron chi connectivity index (χ1n) is 7.65. The number of rotatable bonds is 5. The van der Waals surface area contributed by atoms with E-state index in [1.54, 1.807) is 0 Å². The van der Waals surface area contributed by atoms with Gasteiger partial charge in [0.15, 0.2) is 11.4 Å². The molecule has 0 bridgehead atoms. The third-order valence-corrected chi connectivity index (χ3v) is 6.53. The van der Waals surface area contributed by atoms with Gasteiger partial charge in [0.2, 0.25) is 10.0 Å². The molecule has 2 fully saturated rings. The van der Waals surface area contributed by atoms with Gasteiger partial charge in [-0.1, -0.05) is 19.0 Å². The minimum Gasteiger partial charge on any atom is -0.379 e. The second-order valence-electron chi connectivity index (χ2n) is 6.88. The summed E-state index contributed by atoms with van der Waals surface area (Å²) >= 11 is 0. The molecule has 2 aliphatic rings.